The number of thioether (sulfide) groups is 1. The molecule has 1 heterocycles. The summed E-state index contributed by atoms with van der Waals surface area (Å²) in [7, 11) is 3.19. The first-order valence-electron chi connectivity index (χ1n) is 5.62. The average molecular weight is 292 g/mol. The number of halogens is 1. The third-order valence-corrected chi connectivity index (χ3v) is 4.05. The number of esters is 1. The lowest BCUT2D eigenvalue weighted by Crippen LogP contribution is -2.33. The predicted molar refractivity (Wildman–Crippen MR) is 73.7 cm³/mol. The maximum Gasteiger partial charge on any atom is 0.323 e. The number of aryl methyl sites for hydroxylation is 2. The van der Waals surface area contributed by atoms with E-state index in [0.29, 0.717) is 16.5 Å². The van der Waals surface area contributed by atoms with Gasteiger partial charge in [0.1, 0.15) is 6.04 Å². The van der Waals surface area contributed by atoms with Crippen molar-refractivity contribution in [3.63, 3.8) is 0 Å². The number of hydrogen-bond donors (Lipinski definition) is 1. The number of aromatic nitrogens is 2. The fourth-order valence-electron chi connectivity index (χ4n) is 1.48. The van der Waals surface area contributed by atoms with Gasteiger partial charge in [-0.15, -0.1) is 0 Å². The first-order valence-corrected chi connectivity index (χ1v) is 7.15. The first-order chi connectivity index (χ1) is 8.51. The Bertz CT molecular complexity index is 423. The maximum absolute atomic E-state index is 11.1. The van der Waals surface area contributed by atoms with E-state index in [2.05, 4.69) is 9.84 Å². The fraction of sp³-hybridized carbons (Fsp3) is 0.636. The van der Waals surface area contributed by atoms with Gasteiger partial charge in [0.2, 0.25) is 0 Å². The van der Waals surface area contributed by atoms with E-state index in [1.165, 1.54) is 18.9 Å². The molecule has 0 spiro atoms. The number of carbonyl (C=O) groups excluding carboxylic acids is 1. The van der Waals surface area contributed by atoms with Gasteiger partial charge in [-0.3, -0.25) is 9.48 Å². The molecule has 1 rings (SSSR count). The van der Waals surface area contributed by atoms with Crippen molar-refractivity contribution in [1.82, 2.24) is 9.78 Å². The summed E-state index contributed by atoms with van der Waals surface area (Å²) in [4.78, 5) is 11.1. The Labute approximate surface area is 116 Å². The Balaban J connectivity index is 2.54. The Morgan fingerprint density at radius 2 is 2.33 bits per heavy atom. The third kappa shape index (κ3) is 3.63. The smallest absolute Gasteiger partial charge is 0.323 e. The minimum Gasteiger partial charge on any atom is -0.468 e. The highest BCUT2D eigenvalue weighted by molar-refractivity contribution is 7.98. The monoisotopic (exact) mass is 291 g/mol. The lowest BCUT2D eigenvalue weighted by atomic mass is 10.3. The fourth-order valence-corrected chi connectivity index (χ4v) is 2.95. The topological polar surface area (TPSA) is 70.1 Å². The molecule has 0 bridgehead atoms. The molecule has 0 aliphatic rings. The van der Waals surface area contributed by atoms with Crippen molar-refractivity contribution < 1.29 is 9.53 Å². The summed E-state index contributed by atoms with van der Waals surface area (Å²) in [5.74, 6) is 0.774. The number of hydrogen-bond acceptors (Lipinski definition) is 5. The summed E-state index contributed by atoms with van der Waals surface area (Å²) >= 11 is 7.75. The van der Waals surface area contributed by atoms with Crippen LogP contribution in [-0.4, -0.2) is 34.7 Å². The molecule has 102 valence electrons. The molecule has 1 aromatic rings. The van der Waals surface area contributed by atoms with E-state index in [1.54, 1.807) is 4.68 Å². The second kappa shape index (κ2) is 7.01. The molecule has 1 atom stereocenters. The van der Waals surface area contributed by atoms with Crippen molar-refractivity contribution >= 4 is 29.3 Å². The summed E-state index contributed by atoms with van der Waals surface area (Å²) in [6, 6.07) is -0.599. The SMILES string of the molecule is CCc1nn(C)c(CSCC(N)C(=O)OC)c1Cl. The van der Waals surface area contributed by atoms with Crippen LogP contribution in [0, 0.1) is 0 Å². The molecule has 2 N–H and O–H groups in total. The van der Waals surface area contributed by atoms with Crippen molar-refractivity contribution in [2.45, 2.75) is 25.1 Å². The molecular formula is C11H18ClN3O2S. The van der Waals surface area contributed by atoms with Gasteiger partial charge in [0.25, 0.3) is 0 Å². The summed E-state index contributed by atoms with van der Waals surface area (Å²) in [6.07, 6.45) is 0.805. The van der Waals surface area contributed by atoms with Gasteiger partial charge in [-0.25, -0.2) is 0 Å². The Kier molecular flexibility index (Phi) is 5.98. The van der Waals surface area contributed by atoms with Gasteiger partial charge in [0.05, 0.1) is 23.5 Å². The molecular weight excluding hydrogens is 274 g/mol. The minimum absolute atomic E-state index is 0.396. The van der Waals surface area contributed by atoms with Crippen molar-refractivity contribution in [3.05, 3.63) is 16.4 Å². The molecule has 0 amide bonds. The van der Waals surface area contributed by atoms with Gasteiger partial charge in [0, 0.05) is 18.6 Å². The van der Waals surface area contributed by atoms with E-state index in [0.717, 1.165) is 17.8 Å². The van der Waals surface area contributed by atoms with Crippen molar-refractivity contribution in [2.75, 3.05) is 12.9 Å². The van der Waals surface area contributed by atoms with Gasteiger partial charge in [-0.2, -0.15) is 16.9 Å². The van der Waals surface area contributed by atoms with E-state index in [9.17, 15) is 4.79 Å². The molecule has 0 saturated heterocycles. The van der Waals surface area contributed by atoms with Gasteiger partial charge in [-0.05, 0) is 6.42 Å². The van der Waals surface area contributed by atoms with Crippen LogP contribution in [0.2, 0.25) is 5.02 Å². The number of methoxy groups -OCH3 is 1. The average Bonchev–Trinajstić information content (AvgIpc) is 2.64. The highest BCUT2D eigenvalue weighted by atomic mass is 35.5. The summed E-state index contributed by atoms with van der Waals surface area (Å²) in [6.45, 7) is 2.01. The molecule has 0 aromatic carbocycles. The van der Waals surface area contributed by atoms with Crippen LogP contribution >= 0.6 is 23.4 Å². The van der Waals surface area contributed by atoms with Crippen LogP contribution in [-0.2, 0) is 28.8 Å². The molecule has 0 aliphatic heterocycles. The Morgan fingerprint density at radius 1 is 1.67 bits per heavy atom. The predicted octanol–water partition coefficient (Wildman–Crippen LogP) is 1.37. The zero-order valence-electron chi connectivity index (χ0n) is 10.8. The van der Waals surface area contributed by atoms with Gasteiger partial charge < -0.3 is 10.5 Å². The molecule has 5 nitrogen and oxygen atoms in total. The van der Waals surface area contributed by atoms with Crippen molar-refractivity contribution in [3.8, 4) is 0 Å². The Hall–Kier alpha value is -0.720. The zero-order chi connectivity index (χ0) is 13.7. The Morgan fingerprint density at radius 3 is 2.83 bits per heavy atom. The zero-order valence-corrected chi connectivity index (χ0v) is 12.3. The summed E-state index contributed by atoms with van der Waals surface area (Å²) < 4.78 is 6.34. The van der Waals surface area contributed by atoms with Gasteiger partial charge in [0.15, 0.2) is 0 Å². The molecule has 0 radical (unpaired) electrons. The molecule has 1 unspecified atom stereocenters. The number of carbonyl (C=O) groups is 1. The summed E-state index contributed by atoms with van der Waals surface area (Å²) in [5.41, 5.74) is 7.50. The molecule has 0 fully saturated rings. The minimum atomic E-state index is -0.599. The van der Waals surface area contributed by atoms with Crippen LogP contribution in [0.4, 0.5) is 0 Å². The standard InChI is InChI=1S/C11H18ClN3O2S/c1-4-8-10(12)9(15(2)14-8)6-18-5-7(13)11(16)17-3/h7H,4-6,13H2,1-3H3. The highest BCUT2D eigenvalue weighted by Crippen LogP contribution is 2.24. The van der Waals surface area contributed by atoms with Crippen LogP contribution in [0.1, 0.15) is 18.3 Å². The van der Waals surface area contributed by atoms with E-state index >= 15 is 0 Å². The lowest BCUT2D eigenvalue weighted by Gasteiger charge is -2.08. The number of rotatable bonds is 6. The second-order valence-electron chi connectivity index (χ2n) is 3.83. The molecule has 0 aliphatic carbocycles. The first kappa shape index (κ1) is 15.3. The molecule has 18 heavy (non-hydrogen) atoms. The summed E-state index contributed by atoms with van der Waals surface area (Å²) in [5, 5.41) is 5.03. The largest absolute Gasteiger partial charge is 0.468 e. The molecule has 7 heteroatoms. The quantitative estimate of drug-likeness (QED) is 0.802. The molecule has 0 saturated carbocycles. The van der Waals surface area contributed by atoms with Crippen LogP contribution in [0.5, 0.6) is 0 Å². The van der Waals surface area contributed by atoms with Gasteiger partial charge >= 0.3 is 5.97 Å². The third-order valence-electron chi connectivity index (χ3n) is 2.54. The lowest BCUT2D eigenvalue weighted by molar-refractivity contribution is -0.141. The van der Waals surface area contributed by atoms with E-state index in [4.69, 9.17) is 17.3 Å². The van der Waals surface area contributed by atoms with Crippen LogP contribution in [0.25, 0.3) is 0 Å². The van der Waals surface area contributed by atoms with E-state index in [1.807, 2.05) is 14.0 Å². The number of nitrogens with two attached hydrogens (primary N) is 1. The normalized spacial score (nSPS) is 12.5. The second-order valence-corrected chi connectivity index (χ2v) is 5.24. The maximum atomic E-state index is 11.1. The van der Waals surface area contributed by atoms with Crippen molar-refractivity contribution in [2.24, 2.45) is 12.8 Å². The van der Waals surface area contributed by atoms with E-state index in [-0.39, 0.29) is 0 Å². The number of ether oxygens (including phenoxy) is 1. The van der Waals surface area contributed by atoms with E-state index < -0.39 is 12.0 Å². The van der Waals surface area contributed by atoms with Crippen LogP contribution < -0.4 is 5.73 Å². The molecule has 1 aromatic heterocycles. The van der Waals surface area contributed by atoms with Crippen molar-refractivity contribution in [1.29, 1.82) is 0 Å². The van der Waals surface area contributed by atoms with Gasteiger partial charge in [-0.1, -0.05) is 18.5 Å². The van der Waals surface area contributed by atoms with Crippen LogP contribution in [0.15, 0.2) is 0 Å². The highest BCUT2D eigenvalue weighted by Gasteiger charge is 2.16. The number of nitrogens with zero attached hydrogens (tertiary/aromatic N) is 2. The van der Waals surface area contributed by atoms with Crippen LogP contribution in [0.3, 0.4) is 0 Å².